The quantitative estimate of drug-likeness (QED) is 0.566. The number of unbranched alkanes of at least 4 members (excludes halogenated alkanes) is 2. The molecule has 0 spiro atoms. The molecule has 1 rings (SSSR count). The van der Waals surface area contributed by atoms with Crippen LogP contribution in [0.5, 0.6) is 5.75 Å². The van der Waals surface area contributed by atoms with Gasteiger partial charge in [-0.25, -0.2) is 0 Å². The second-order valence-electron chi connectivity index (χ2n) is 5.01. The standard InChI is InChI=1S/C16H25BrClNO/c1-4-6-7-8-15(19-9-5-2)13-10-12(18)11-14(17)16(13)20-3/h10-11,15,19H,4-9H2,1-3H3. The molecule has 0 aromatic heterocycles. The smallest absolute Gasteiger partial charge is 0.137 e. The van der Waals surface area contributed by atoms with E-state index < -0.39 is 0 Å². The monoisotopic (exact) mass is 361 g/mol. The summed E-state index contributed by atoms with van der Waals surface area (Å²) < 4.78 is 6.47. The van der Waals surface area contributed by atoms with Crippen LogP contribution in [0.4, 0.5) is 0 Å². The van der Waals surface area contributed by atoms with Crippen molar-refractivity contribution in [1.82, 2.24) is 5.32 Å². The van der Waals surface area contributed by atoms with Gasteiger partial charge < -0.3 is 10.1 Å². The van der Waals surface area contributed by atoms with Gasteiger partial charge in [0.25, 0.3) is 0 Å². The highest BCUT2D eigenvalue weighted by Crippen LogP contribution is 2.37. The number of ether oxygens (including phenoxy) is 1. The van der Waals surface area contributed by atoms with Crippen molar-refractivity contribution in [2.24, 2.45) is 0 Å². The third-order valence-corrected chi connectivity index (χ3v) is 4.16. The van der Waals surface area contributed by atoms with Gasteiger partial charge in [0.15, 0.2) is 0 Å². The van der Waals surface area contributed by atoms with Gasteiger partial charge in [-0.2, -0.15) is 0 Å². The molecule has 1 N–H and O–H groups in total. The maximum atomic E-state index is 6.21. The molecule has 0 saturated heterocycles. The normalized spacial score (nSPS) is 12.4. The first-order valence-electron chi connectivity index (χ1n) is 7.40. The summed E-state index contributed by atoms with van der Waals surface area (Å²) in [5, 5.41) is 4.36. The van der Waals surface area contributed by atoms with Crippen LogP contribution in [0.1, 0.15) is 57.6 Å². The van der Waals surface area contributed by atoms with Crippen molar-refractivity contribution >= 4 is 27.5 Å². The van der Waals surface area contributed by atoms with Crippen LogP contribution in [0.3, 0.4) is 0 Å². The average molecular weight is 363 g/mol. The molecule has 0 heterocycles. The second-order valence-corrected chi connectivity index (χ2v) is 6.30. The lowest BCUT2D eigenvalue weighted by Gasteiger charge is -2.22. The van der Waals surface area contributed by atoms with Gasteiger partial charge in [0.05, 0.1) is 11.6 Å². The van der Waals surface area contributed by atoms with E-state index >= 15 is 0 Å². The van der Waals surface area contributed by atoms with Crippen LogP contribution in [0.25, 0.3) is 0 Å². The van der Waals surface area contributed by atoms with Crippen molar-refractivity contribution < 1.29 is 4.74 Å². The van der Waals surface area contributed by atoms with Crippen molar-refractivity contribution in [3.8, 4) is 5.75 Å². The predicted molar refractivity (Wildman–Crippen MR) is 90.9 cm³/mol. The maximum Gasteiger partial charge on any atom is 0.137 e. The van der Waals surface area contributed by atoms with E-state index in [0.717, 1.165) is 40.2 Å². The molecule has 1 aromatic rings. The molecule has 0 aliphatic heterocycles. The van der Waals surface area contributed by atoms with Crippen molar-refractivity contribution in [2.75, 3.05) is 13.7 Å². The molecule has 1 aromatic carbocycles. The summed E-state index contributed by atoms with van der Waals surface area (Å²) in [5.41, 5.74) is 1.15. The first-order chi connectivity index (χ1) is 9.63. The summed E-state index contributed by atoms with van der Waals surface area (Å²) in [4.78, 5) is 0. The lowest BCUT2D eigenvalue weighted by atomic mass is 9.99. The Morgan fingerprint density at radius 3 is 2.60 bits per heavy atom. The lowest BCUT2D eigenvalue weighted by molar-refractivity contribution is 0.389. The largest absolute Gasteiger partial charge is 0.495 e. The van der Waals surface area contributed by atoms with Crippen molar-refractivity contribution in [1.29, 1.82) is 0 Å². The van der Waals surface area contributed by atoms with Crippen LogP contribution in [-0.4, -0.2) is 13.7 Å². The minimum absolute atomic E-state index is 0.298. The topological polar surface area (TPSA) is 21.3 Å². The van der Waals surface area contributed by atoms with E-state index in [2.05, 4.69) is 35.1 Å². The summed E-state index contributed by atoms with van der Waals surface area (Å²) in [6, 6.07) is 4.20. The van der Waals surface area contributed by atoms with Crippen LogP contribution in [-0.2, 0) is 0 Å². The molecule has 1 atom stereocenters. The van der Waals surface area contributed by atoms with Gasteiger partial charge in [-0.05, 0) is 47.4 Å². The highest BCUT2D eigenvalue weighted by molar-refractivity contribution is 9.10. The van der Waals surface area contributed by atoms with E-state index in [9.17, 15) is 0 Å². The Labute approximate surface area is 136 Å². The first-order valence-corrected chi connectivity index (χ1v) is 8.57. The molecule has 0 amide bonds. The highest BCUT2D eigenvalue weighted by atomic mass is 79.9. The highest BCUT2D eigenvalue weighted by Gasteiger charge is 2.18. The average Bonchev–Trinajstić information content (AvgIpc) is 2.42. The molecular formula is C16H25BrClNO. The molecule has 0 aliphatic carbocycles. The van der Waals surface area contributed by atoms with E-state index in [-0.39, 0.29) is 0 Å². The minimum Gasteiger partial charge on any atom is -0.495 e. The molecule has 0 fully saturated rings. The van der Waals surface area contributed by atoms with E-state index in [0.29, 0.717) is 6.04 Å². The zero-order valence-electron chi connectivity index (χ0n) is 12.6. The maximum absolute atomic E-state index is 6.21. The molecule has 0 radical (unpaired) electrons. The van der Waals surface area contributed by atoms with E-state index in [1.54, 1.807) is 7.11 Å². The molecule has 0 bridgehead atoms. The second kappa shape index (κ2) is 9.64. The van der Waals surface area contributed by atoms with E-state index in [1.807, 2.05) is 12.1 Å². The Kier molecular flexibility index (Phi) is 8.58. The molecule has 114 valence electrons. The fourth-order valence-corrected chi connectivity index (χ4v) is 3.33. The van der Waals surface area contributed by atoms with Crippen LogP contribution < -0.4 is 10.1 Å². The zero-order valence-corrected chi connectivity index (χ0v) is 15.0. The summed E-state index contributed by atoms with van der Waals surface area (Å²) in [5.74, 6) is 0.888. The summed E-state index contributed by atoms with van der Waals surface area (Å²) in [6.45, 7) is 5.41. The van der Waals surface area contributed by atoms with Gasteiger partial charge >= 0.3 is 0 Å². The molecular weight excluding hydrogens is 338 g/mol. The van der Waals surface area contributed by atoms with Crippen LogP contribution >= 0.6 is 27.5 Å². The van der Waals surface area contributed by atoms with E-state index in [4.69, 9.17) is 16.3 Å². The number of hydrogen-bond acceptors (Lipinski definition) is 2. The Hall–Kier alpha value is -0.250. The molecule has 20 heavy (non-hydrogen) atoms. The van der Waals surface area contributed by atoms with Crippen LogP contribution in [0.2, 0.25) is 5.02 Å². The van der Waals surface area contributed by atoms with Crippen molar-refractivity contribution in [2.45, 2.75) is 52.0 Å². The molecule has 4 heteroatoms. The fraction of sp³-hybridized carbons (Fsp3) is 0.625. The SMILES string of the molecule is CCCCCC(NCCC)c1cc(Cl)cc(Br)c1OC. The van der Waals surface area contributed by atoms with Crippen molar-refractivity contribution in [3.05, 3.63) is 27.2 Å². The van der Waals surface area contributed by atoms with E-state index in [1.165, 1.54) is 19.3 Å². The first kappa shape index (κ1) is 17.8. The summed E-state index contributed by atoms with van der Waals surface area (Å²) >= 11 is 9.74. The van der Waals surface area contributed by atoms with Crippen molar-refractivity contribution in [3.63, 3.8) is 0 Å². The number of methoxy groups -OCH3 is 1. The summed E-state index contributed by atoms with van der Waals surface area (Å²) in [6.07, 6.45) is 5.93. The number of hydrogen-bond donors (Lipinski definition) is 1. The number of halogens is 2. The third-order valence-electron chi connectivity index (χ3n) is 3.35. The lowest BCUT2D eigenvalue weighted by Crippen LogP contribution is -2.22. The van der Waals surface area contributed by atoms with Crippen LogP contribution in [0, 0.1) is 0 Å². The number of rotatable bonds is 9. The Balaban J connectivity index is 2.98. The number of benzene rings is 1. The molecule has 2 nitrogen and oxygen atoms in total. The van der Waals surface area contributed by atoms with Gasteiger partial charge in [-0.15, -0.1) is 0 Å². The predicted octanol–water partition coefficient (Wildman–Crippen LogP) is 5.73. The van der Waals surface area contributed by atoms with Crippen LogP contribution in [0.15, 0.2) is 16.6 Å². The Bertz CT molecular complexity index is 412. The zero-order chi connectivity index (χ0) is 15.0. The fourth-order valence-electron chi connectivity index (χ4n) is 2.34. The van der Waals surface area contributed by atoms with Gasteiger partial charge in [0.2, 0.25) is 0 Å². The van der Waals surface area contributed by atoms with Gasteiger partial charge in [0.1, 0.15) is 5.75 Å². The molecule has 0 aliphatic rings. The Morgan fingerprint density at radius 1 is 1.25 bits per heavy atom. The summed E-state index contributed by atoms with van der Waals surface area (Å²) in [7, 11) is 1.71. The molecule has 0 saturated carbocycles. The van der Waals surface area contributed by atoms with Gasteiger partial charge in [0, 0.05) is 16.6 Å². The number of nitrogens with one attached hydrogen (secondary N) is 1. The minimum atomic E-state index is 0.298. The molecule has 1 unspecified atom stereocenters. The third kappa shape index (κ3) is 5.27. The Morgan fingerprint density at radius 2 is 2.00 bits per heavy atom. The van der Waals surface area contributed by atoms with Gasteiger partial charge in [-0.1, -0.05) is 44.7 Å². The van der Waals surface area contributed by atoms with Gasteiger partial charge in [-0.3, -0.25) is 0 Å².